The fourth-order valence-electron chi connectivity index (χ4n) is 3.24. The number of aryl methyl sites for hydroxylation is 2. The first-order valence-corrected chi connectivity index (χ1v) is 8.36. The van der Waals surface area contributed by atoms with E-state index in [9.17, 15) is 4.79 Å². The van der Waals surface area contributed by atoms with E-state index in [1.54, 1.807) is 18.7 Å². The zero-order valence-corrected chi connectivity index (χ0v) is 14.2. The third-order valence-corrected chi connectivity index (χ3v) is 4.54. The van der Waals surface area contributed by atoms with Gasteiger partial charge in [-0.2, -0.15) is 0 Å². The van der Waals surface area contributed by atoms with E-state index in [2.05, 4.69) is 10.1 Å². The number of benzene rings is 1. The molecule has 2 aromatic heterocycles. The lowest BCUT2D eigenvalue weighted by Gasteiger charge is -2.17. The maximum absolute atomic E-state index is 12.7. The molecule has 1 unspecified atom stereocenters. The standard InChI is InChI=1S/C19H19N3O3/c1-12-18(13(2)25-21-12)19(23)22-10-9-15(11-22)24-17-8-7-14-5-3-4-6-16(14)20-17/h3-8,15H,9-11H2,1-2H3. The van der Waals surface area contributed by atoms with Gasteiger partial charge in [-0.3, -0.25) is 4.79 Å². The molecular formula is C19H19N3O3. The predicted octanol–water partition coefficient (Wildman–Crippen LogP) is 3.13. The number of pyridine rings is 1. The maximum atomic E-state index is 12.7. The van der Waals surface area contributed by atoms with Crippen molar-refractivity contribution in [3.05, 3.63) is 53.4 Å². The number of carbonyl (C=O) groups is 1. The number of hydrogen-bond donors (Lipinski definition) is 0. The lowest BCUT2D eigenvalue weighted by atomic mass is 10.2. The van der Waals surface area contributed by atoms with E-state index >= 15 is 0 Å². The SMILES string of the molecule is Cc1noc(C)c1C(=O)N1CCC(Oc2ccc3ccccc3n2)C1. The molecule has 0 saturated carbocycles. The summed E-state index contributed by atoms with van der Waals surface area (Å²) in [4.78, 5) is 19.0. The number of likely N-dealkylation sites (tertiary alicyclic amines) is 1. The van der Waals surface area contributed by atoms with Gasteiger partial charge in [0.2, 0.25) is 5.88 Å². The molecule has 0 N–H and O–H groups in total. The number of nitrogens with zero attached hydrogens (tertiary/aromatic N) is 3. The maximum Gasteiger partial charge on any atom is 0.259 e. The van der Waals surface area contributed by atoms with Crippen LogP contribution in [-0.2, 0) is 0 Å². The number of carbonyl (C=O) groups excluding carboxylic acids is 1. The molecule has 1 aliphatic heterocycles. The molecule has 0 radical (unpaired) electrons. The normalized spacial score (nSPS) is 17.2. The van der Waals surface area contributed by atoms with Crippen LogP contribution in [0.5, 0.6) is 5.88 Å². The van der Waals surface area contributed by atoms with E-state index in [4.69, 9.17) is 9.26 Å². The summed E-state index contributed by atoms with van der Waals surface area (Å²) in [5.74, 6) is 1.10. The van der Waals surface area contributed by atoms with Crippen LogP contribution in [0.4, 0.5) is 0 Å². The molecule has 1 aliphatic rings. The summed E-state index contributed by atoms with van der Waals surface area (Å²) >= 11 is 0. The number of hydrogen-bond acceptors (Lipinski definition) is 5. The third-order valence-electron chi connectivity index (χ3n) is 4.54. The highest BCUT2D eigenvalue weighted by atomic mass is 16.5. The van der Waals surface area contributed by atoms with Gasteiger partial charge in [-0.15, -0.1) is 0 Å². The quantitative estimate of drug-likeness (QED) is 0.734. The molecule has 128 valence electrons. The van der Waals surface area contributed by atoms with Gasteiger partial charge in [0.15, 0.2) is 0 Å². The predicted molar refractivity (Wildman–Crippen MR) is 92.7 cm³/mol. The molecule has 0 bridgehead atoms. The van der Waals surface area contributed by atoms with Gasteiger partial charge in [0, 0.05) is 24.4 Å². The largest absolute Gasteiger partial charge is 0.472 e. The summed E-state index contributed by atoms with van der Waals surface area (Å²) in [6.07, 6.45) is 0.724. The van der Waals surface area contributed by atoms with Gasteiger partial charge in [-0.25, -0.2) is 4.98 Å². The fraction of sp³-hybridized carbons (Fsp3) is 0.316. The van der Waals surface area contributed by atoms with Gasteiger partial charge in [0.1, 0.15) is 17.4 Å². The Morgan fingerprint density at radius 2 is 2.08 bits per heavy atom. The zero-order valence-electron chi connectivity index (χ0n) is 14.2. The Bertz CT molecular complexity index is 915. The molecular weight excluding hydrogens is 318 g/mol. The molecule has 1 aromatic carbocycles. The molecule has 3 heterocycles. The molecule has 1 atom stereocenters. The molecule has 6 heteroatoms. The number of amides is 1. The number of aromatic nitrogens is 2. The van der Waals surface area contributed by atoms with Crippen LogP contribution in [0.25, 0.3) is 10.9 Å². The Balaban J connectivity index is 1.46. The van der Waals surface area contributed by atoms with Crippen LogP contribution in [0.1, 0.15) is 28.2 Å². The molecule has 1 amide bonds. The highest BCUT2D eigenvalue weighted by molar-refractivity contribution is 5.96. The number of rotatable bonds is 3. The average Bonchev–Trinajstić information content (AvgIpc) is 3.21. The van der Waals surface area contributed by atoms with Crippen molar-refractivity contribution in [3.63, 3.8) is 0 Å². The average molecular weight is 337 g/mol. The summed E-state index contributed by atoms with van der Waals surface area (Å²) in [5.41, 5.74) is 2.09. The minimum atomic E-state index is -0.0573. The Morgan fingerprint density at radius 3 is 2.88 bits per heavy atom. The van der Waals surface area contributed by atoms with Crippen LogP contribution >= 0.6 is 0 Å². The van der Waals surface area contributed by atoms with E-state index in [0.29, 0.717) is 36.0 Å². The first kappa shape index (κ1) is 15.6. The van der Waals surface area contributed by atoms with Crippen LogP contribution in [0.15, 0.2) is 40.9 Å². The van der Waals surface area contributed by atoms with E-state index in [-0.39, 0.29) is 12.0 Å². The second-order valence-corrected chi connectivity index (χ2v) is 6.32. The van der Waals surface area contributed by atoms with Gasteiger partial charge < -0.3 is 14.2 Å². The van der Waals surface area contributed by atoms with Crippen molar-refractivity contribution < 1.29 is 14.1 Å². The minimum absolute atomic E-state index is 0.0474. The molecule has 0 aliphatic carbocycles. The van der Waals surface area contributed by atoms with Crippen molar-refractivity contribution in [2.75, 3.05) is 13.1 Å². The summed E-state index contributed by atoms with van der Waals surface area (Å²) in [5, 5.41) is 4.94. The van der Waals surface area contributed by atoms with E-state index in [1.807, 2.05) is 36.4 Å². The number of para-hydroxylation sites is 1. The Hall–Kier alpha value is -2.89. The Morgan fingerprint density at radius 1 is 1.24 bits per heavy atom. The van der Waals surface area contributed by atoms with Crippen LogP contribution in [-0.4, -0.2) is 40.1 Å². The number of ether oxygens (including phenoxy) is 1. The van der Waals surface area contributed by atoms with Crippen LogP contribution in [0.2, 0.25) is 0 Å². The fourth-order valence-corrected chi connectivity index (χ4v) is 3.24. The summed E-state index contributed by atoms with van der Waals surface area (Å²) in [6.45, 7) is 4.74. The van der Waals surface area contributed by atoms with Crippen molar-refractivity contribution >= 4 is 16.8 Å². The minimum Gasteiger partial charge on any atom is -0.472 e. The van der Waals surface area contributed by atoms with E-state index in [0.717, 1.165) is 17.3 Å². The Kier molecular flexibility index (Phi) is 3.87. The second-order valence-electron chi connectivity index (χ2n) is 6.32. The third kappa shape index (κ3) is 2.95. The van der Waals surface area contributed by atoms with Gasteiger partial charge in [0.25, 0.3) is 5.91 Å². The van der Waals surface area contributed by atoms with Gasteiger partial charge in [-0.1, -0.05) is 23.4 Å². The monoisotopic (exact) mass is 337 g/mol. The van der Waals surface area contributed by atoms with Gasteiger partial charge in [-0.05, 0) is 26.0 Å². The molecule has 0 spiro atoms. The first-order valence-electron chi connectivity index (χ1n) is 8.36. The molecule has 25 heavy (non-hydrogen) atoms. The summed E-state index contributed by atoms with van der Waals surface area (Å²) in [6, 6.07) is 11.8. The smallest absolute Gasteiger partial charge is 0.259 e. The molecule has 1 fully saturated rings. The molecule has 4 rings (SSSR count). The summed E-state index contributed by atoms with van der Waals surface area (Å²) < 4.78 is 11.1. The molecule has 6 nitrogen and oxygen atoms in total. The second kappa shape index (κ2) is 6.20. The van der Waals surface area contributed by atoms with Gasteiger partial charge in [0.05, 0.1) is 17.8 Å². The first-order chi connectivity index (χ1) is 12.1. The molecule has 1 saturated heterocycles. The van der Waals surface area contributed by atoms with Crippen molar-refractivity contribution in [3.8, 4) is 5.88 Å². The zero-order chi connectivity index (χ0) is 17.4. The van der Waals surface area contributed by atoms with Crippen LogP contribution in [0.3, 0.4) is 0 Å². The van der Waals surface area contributed by atoms with Crippen molar-refractivity contribution in [2.24, 2.45) is 0 Å². The van der Waals surface area contributed by atoms with Crippen LogP contribution < -0.4 is 4.74 Å². The number of fused-ring (bicyclic) bond motifs is 1. The molecule has 3 aromatic rings. The van der Waals surface area contributed by atoms with Crippen molar-refractivity contribution in [1.29, 1.82) is 0 Å². The highest BCUT2D eigenvalue weighted by Gasteiger charge is 2.31. The van der Waals surface area contributed by atoms with Crippen LogP contribution in [0, 0.1) is 13.8 Å². The highest BCUT2D eigenvalue weighted by Crippen LogP contribution is 2.23. The lowest BCUT2D eigenvalue weighted by Crippen LogP contribution is -2.31. The van der Waals surface area contributed by atoms with Crippen molar-refractivity contribution in [1.82, 2.24) is 15.0 Å². The Labute approximate surface area is 145 Å². The van der Waals surface area contributed by atoms with Gasteiger partial charge >= 0.3 is 0 Å². The summed E-state index contributed by atoms with van der Waals surface area (Å²) in [7, 11) is 0. The van der Waals surface area contributed by atoms with E-state index in [1.165, 1.54) is 0 Å². The van der Waals surface area contributed by atoms with Crippen molar-refractivity contribution in [2.45, 2.75) is 26.4 Å². The lowest BCUT2D eigenvalue weighted by molar-refractivity contribution is 0.0769. The topological polar surface area (TPSA) is 68.5 Å². The van der Waals surface area contributed by atoms with E-state index < -0.39 is 0 Å².